The average Bonchev–Trinajstić information content (AvgIpc) is 3.42. The largest absolute Gasteiger partial charge is 0.346 e. The normalized spacial score (nSPS) is 10.7. The predicted molar refractivity (Wildman–Crippen MR) is 95.8 cm³/mol. The molecule has 4 aromatic heterocycles. The van der Waals surface area contributed by atoms with Crippen molar-refractivity contribution in [2.45, 2.75) is 6.54 Å². The van der Waals surface area contributed by atoms with Crippen molar-refractivity contribution in [3.63, 3.8) is 0 Å². The third-order valence-electron chi connectivity index (χ3n) is 3.40. The highest BCUT2D eigenvalue weighted by Gasteiger charge is 2.10. The highest BCUT2D eigenvalue weighted by atomic mass is 32.1. The molecule has 4 rings (SSSR count). The molecule has 7 nitrogen and oxygen atoms in total. The predicted octanol–water partition coefficient (Wildman–Crippen LogP) is 2.78. The van der Waals surface area contributed by atoms with E-state index in [1.807, 2.05) is 22.9 Å². The number of thiophene rings is 1. The van der Waals surface area contributed by atoms with Crippen molar-refractivity contribution >= 4 is 28.6 Å². The van der Waals surface area contributed by atoms with Crippen LogP contribution >= 0.6 is 22.7 Å². The molecule has 0 fully saturated rings. The molecule has 0 atom stereocenters. The molecule has 9 heteroatoms. The zero-order valence-electron chi connectivity index (χ0n) is 12.9. The molecule has 124 valence electrons. The summed E-state index contributed by atoms with van der Waals surface area (Å²) in [6.07, 6.45) is 4.65. The van der Waals surface area contributed by atoms with E-state index in [-0.39, 0.29) is 5.91 Å². The second-order valence-corrected chi connectivity index (χ2v) is 6.88. The number of pyridine rings is 1. The van der Waals surface area contributed by atoms with Crippen LogP contribution in [0.3, 0.4) is 0 Å². The van der Waals surface area contributed by atoms with Crippen LogP contribution in [0.15, 0.2) is 53.9 Å². The summed E-state index contributed by atoms with van der Waals surface area (Å²) < 4.78 is 1.64. The number of carbonyl (C=O) groups excluding carboxylic acids is 1. The number of amides is 1. The van der Waals surface area contributed by atoms with Crippen LogP contribution in [0.4, 0.5) is 0 Å². The van der Waals surface area contributed by atoms with Gasteiger partial charge in [-0.25, -0.2) is 9.97 Å². The molecule has 0 aliphatic rings. The van der Waals surface area contributed by atoms with E-state index in [1.54, 1.807) is 45.6 Å². The minimum atomic E-state index is -0.178. The highest BCUT2D eigenvalue weighted by molar-refractivity contribution is 7.20. The van der Waals surface area contributed by atoms with Crippen LogP contribution < -0.4 is 5.32 Å². The van der Waals surface area contributed by atoms with Gasteiger partial charge in [0.05, 0.1) is 17.1 Å². The van der Waals surface area contributed by atoms with Crippen LogP contribution in [-0.4, -0.2) is 30.6 Å². The quantitative estimate of drug-likeness (QED) is 0.585. The minimum Gasteiger partial charge on any atom is -0.346 e. The Bertz CT molecular complexity index is 978. The molecule has 0 unspecified atom stereocenters. The molecule has 4 aromatic rings. The number of aromatic nitrogens is 5. The maximum absolute atomic E-state index is 12.4. The molecule has 0 saturated carbocycles. The number of thiazole rings is 1. The standard InChI is InChI=1S/C16H12N6OS2/c23-15(11-3-4-17-14(6-11)22-9-19-20-10-22)18-7-12-8-25-16(21-12)13-2-1-5-24-13/h1-6,8-10H,7H2,(H,18,23). The Balaban J connectivity index is 1.43. The molecule has 0 aromatic carbocycles. The van der Waals surface area contributed by atoms with Gasteiger partial charge in [0.2, 0.25) is 0 Å². The fraction of sp³-hybridized carbons (Fsp3) is 0.0625. The van der Waals surface area contributed by atoms with E-state index in [2.05, 4.69) is 25.5 Å². The van der Waals surface area contributed by atoms with Gasteiger partial charge in [-0.05, 0) is 23.6 Å². The Hall–Kier alpha value is -2.91. The van der Waals surface area contributed by atoms with Crippen molar-refractivity contribution in [3.8, 4) is 15.7 Å². The number of carbonyl (C=O) groups is 1. The van der Waals surface area contributed by atoms with E-state index in [0.29, 0.717) is 17.9 Å². The van der Waals surface area contributed by atoms with Gasteiger partial charge in [0, 0.05) is 17.1 Å². The molecular weight excluding hydrogens is 356 g/mol. The summed E-state index contributed by atoms with van der Waals surface area (Å²) in [4.78, 5) is 22.3. The number of nitrogens with one attached hydrogen (secondary N) is 1. The topological polar surface area (TPSA) is 85.6 Å². The van der Waals surface area contributed by atoms with Crippen LogP contribution in [-0.2, 0) is 6.54 Å². The van der Waals surface area contributed by atoms with Crippen LogP contribution in [0.2, 0.25) is 0 Å². The van der Waals surface area contributed by atoms with Crippen molar-refractivity contribution in [1.82, 2.24) is 30.0 Å². The van der Waals surface area contributed by atoms with Gasteiger partial charge in [0.1, 0.15) is 23.5 Å². The lowest BCUT2D eigenvalue weighted by Crippen LogP contribution is -2.23. The van der Waals surface area contributed by atoms with E-state index in [0.717, 1.165) is 15.6 Å². The summed E-state index contributed by atoms with van der Waals surface area (Å²) in [5, 5.41) is 15.3. The van der Waals surface area contributed by atoms with Gasteiger partial charge in [0.15, 0.2) is 0 Å². The van der Waals surface area contributed by atoms with E-state index >= 15 is 0 Å². The molecular formula is C16H12N6OS2. The summed E-state index contributed by atoms with van der Waals surface area (Å²) in [6.45, 7) is 0.380. The van der Waals surface area contributed by atoms with Crippen LogP contribution in [0.5, 0.6) is 0 Å². The SMILES string of the molecule is O=C(NCc1csc(-c2cccs2)n1)c1ccnc(-n2cnnc2)c1. The third kappa shape index (κ3) is 3.47. The molecule has 0 spiro atoms. The highest BCUT2D eigenvalue weighted by Crippen LogP contribution is 2.27. The van der Waals surface area contributed by atoms with Crippen LogP contribution in [0, 0.1) is 0 Å². The first-order valence-corrected chi connectivity index (χ1v) is 9.13. The molecule has 1 N–H and O–H groups in total. The van der Waals surface area contributed by atoms with E-state index in [4.69, 9.17) is 0 Å². The van der Waals surface area contributed by atoms with E-state index in [9.17, 15) is 4.79 Å². The summed E-state index contributed by atoms with van der Waals surface area (Å²) in [5.74, 6) is 0.411. The van der Waals surface area contributed by atoms with Crippen molar-refractivity contribution < 1.29 is 4.79 Å². The van der Waals surface area contributed by atoms with Crippen molar-refractivity contribution in [2.24, 2.45) is 0 Å². The summed E-state index contributed by atoms with van der Waals surface area (Å²) in [5.41, 5.74) is 1.36. The fourth-order valence-electron chi connectivity index (χ4n) is 2.19. The molecule has 1 amide bonds. The first-order valence-electron chi connectivity index (χ1n) is 7.37. The molecule has 4 heterocycles. The monoisotopic (exact) mass is 368 g/mol. The lowest BCUT2D eigenvalue weighted by atomic mass is 10.2. The van der Waals surface area contributed by atoms with Crippen molar-refractivity contribution in [2.75, 3.05) is 0 Å². The Morgan fingerprint density at radius 3 is 2.88 bits per heavy atom. The first kappa shape index (κ1) is 15.6. The van der Waals surface area contributed by atoms with E-state index in [1.165, 1.54) is 12.7 Å². The van der Waals surface area contributed by atoms with Crippen LogP contribution in [0.1, 0.15) is 16.1 Å². The zero-order valence-corrected chi connectivity index (χ0v) is 14.5. The molecule has 0 aliphatic heterocycles. The maximum atomic E-state index is 12.4. The van der Waals surface area contributed by atoms with Gasteiger partial charge in [-0.2, -0.15) is 0 Å². The van der Waals surface area contributed by atoms with Crippen LogP contribution in [0.25, 0.3) is 15.7 Å². The molecule has 0 radical (unpaired) electrons. The number of hydrogen-bond acceptors (Lipinski definition) is 7. The summed E-state index contributed by atoms with van der Waals surface area (Å²) in [7, 11) is 0. The van der Waals surface area contributed by atoms with Crippen molar-refractivity contribution in [3.05, 3.63) is 65.1 Å². The molecule has 25 heavy (non-hydrogen) atoms. The Labute approximate surface area is 151 Å². The second kappa shape index (κ2) is 6.91. The minimum absolute atomic E-state index is 0.178. The van der Waals surface area contributed by atoms with Gasteiger partial charge in [0.25, 0.3) is 5.91 Å². The number of nitrogens with zero attached hydrogens (tertiary/aromatic N) is 5. The van der Waals surface area contributed by atoms with Gasteiger partial charge < -0.3 is 5.32 Å². The maximum Gasteiger partial charge on any atom is 0.251 e. The van der Waals surface area contributed by atoms with Gasteiger partial charge in [-0.15, -0.1) is 32.9 Å². The van der Waals surface area contributed by atoms with Crippen molar-refractivity contribution in [1.29, 1.82) is 0 Å². The smallest absolute Gasteiger partial charge is 0.251 e. The lowest BCUT2D eigenvalue weighted by Gasteiger charge is -2.05. The summed E-state index contributed by atoms with van der Waals surface area (Å²) in [6, 6.07) is 7.40. The fourth-order valence-corrected chi connectivity index (χ4v) is 3.83. The van der Waals surface area contributed by atoms with Gasteiger partial charge in [-0.1, -0.05) is 6.07 Å². The molecule has 0 bridgehead atoms. The lowest BCUT2D eigenvalue weighted by molar-refractivity contribution is 0.0950. The van der Waals surface area contributed by atoms with Gasteiger partial charge in [-0.3, -0.25) is 9.36 Å². The third-order valence-corrected chi connectivity index (χ3v) is 5.33. The van der Waals surface area contributed by atoms with Gasteiger partial charge >= 0.3 is 0 Å². The average molecular weight is 368 g/mol. The summed E-state index contributed by atoms with van der Waals surface area (Å²) >= 11 is 3.23. The van der Waals surface area contributed by atoms with E-state index < -0.39 is 0 Å². The molecule has 0 aliphatic carbocycles. The number of rotatable bonds is 5. The Morgan fingerprint density at radius 2 is 2.08 bits per heavy atom. The zero-order chi connectivity index (χ0) is 17.1. The first-order chi connectivity index (χ1) is 12.3. The Kier molecular flexibility index (Phi) is 4.32. The number of hydrogen-bond donors (Lipinski definition) is 1. The second-order valence-electron chi connectivity index (χ2n) is 5.08. The Morgan fingerprint density at radius 1 is 1.20 bits per heavy atom. The molecule has 0 saturated heterocycles.